The number of rotatable bonds is 5. The Kier molecular flexibility index (Phi) is 5.20. The second-order valence-electron chi connectivity index (χ2n) is 5.62. The smallest absolute Gasteiger partial charge is 0.138 e. The molecule has 3 heteroatoms. The van der Waals surface area contributed by atoms with Crippen LogP contribution in [0.1, 0.15) is 58.2 Å². The van der Waals surface area contributed by atoms with Gasteiger partial charge in [-0.2, -0.15) is 0 Å². The van der Waals surface area contributed by atoms with Crippen molar-refractivity contribution in [2.24, 2.45) is 5.92 Å². The predicted molar refractivity (Wildman–Crippen MR) is 78.4 cm³/mol. The van der Waals surface area contributed by atoms with Crippen LogP contribution in [0.5, 0.6) is 5.75 Å². The average Bonchev–Trinajstić information content (AvgIpc) is 2.42. The van der Waals surface area contributed by atoms with Crippen LogP contribution in [-0.2, 0) is 0 Å². The monoisotopic (exact) mass is 262 g/mol. The Morgan fingerprint density at radius 3 is 2.79 bits per heavy atom. The number of pyridine rings is 1. The van der Waals surface area contributed by atoms with Gasteiger partial charge in [0.05, 0.1) is 11.9 Å². The van der Waals surface area contributed by atoms with E-state index in [9.17, 15) is 0 Å². The lowest BCUT2D eigenvalue weighted by Gasteiger charge is -2.29. The van der Waals surface area contributed by atoms with E-state index in [1.807, 2.05) is 6.20 Å². The Bertz CT molecular complexity index is 377. The van der Waals surface area contributed by atoms with Crippen LogP contribution >= 0.6 is 0 Å². The molecule has 1 fully saturated rings. The lowest BCUT2D eigenvalue weighted by atomic mass is 9.88. The average molecular weight is 262 g/mol. The zero-order valence-corrected chi connectivity index (χ0v) is 12.4. The molecule has 1 saturated carbocycles. The van der Waals surface area contributed by atoms with Gasteiger partial charge in [0.2, 0.25) is 0 Å². The summed E-state index contributed by atoms with van der Waals surface area (Å²) in [6, 6.07) is 4.42. The Hall–Kier alpha value is -1.09. The van der Waals surface area contributed by atoms with Crippen molar-refractivity contribution in [3.8, 4) is 5.75 Å². The zero-order valence-electron chi connectivity index (χ0n) is 12.4. The van der Waals surface area contributed by atoms with Gasteiger partial charge in [0.1, 0.15) is 11.9 Å². The summed E-state index contributed by atoms with van der Waals surface area (Å²) in [5.41, 5.74) is 1.07. The molecule has 0 amide bonds. The highest BCUT2D eigenvalue weighted by molar-refractivity contribution is 5.21. The molecular formula is C16H26N2O. The highest BCUT2D eigenvalue weighted by Crippen LogP contribution is 2.28. The van der Waals surface area contributed by atoms with E-state index in [1.54, 1.807) is 0 Å². The number of nitrogens with one attached hydrogen (secondary N) is 1. The molecule has 1 heterocycles. The summed E-state index contributed by atoms with van der Waals surface area (Å²) in [4.78, 5) is 4.50. The maximum atomic E-state index is 6.08. The van der Waals surface area contributed by atoms with Gasteiger partial charge in [-0.3, -0.25) is 4.98 Å². The maximum Gasteiger partial charge on any atom is 0.138 e. The van der Waals surface area contributed by atoms with E-state index < -0.39 is 0 Å². The molecule has 0 aromatic carbocycles. The van der Waals surface area contributed by atoms with Crippen molar-refractivity contribution < 1.29 is 4.74 Å². The SMILES string of the molecule is CCNC(C)c1ccc(OC2CCCCC2C)cn1. The van der Waals surface area contributed by atoms with Gasteiger partial charge in [-0.05, 0) is 50.8 Å². The molecule has 1 aromatic rings. The molecule has 1 N–H and O–H groups in total. The van der Waals surface area contributed by atoms with Crippen LogP contribution in [-0.4, -0.2) is 17.6 Å². The van der Waals surface area contributed by atoms with Gasteiger partial charge < -0.3 is 10.1 Å². The largest absolute Gasteiger partial charge is 0.489 e. The Morgan fingerprint density at radius 2 is 2.16 bits per heavy atom. The second kappa shape index (κ2) is 6.90. The molecule has 1 aliphatic carbocycles. The molecule has 0 saturated heterocycles. The van der Waals surface area contributed by atoms with Gasteiger partial charge >= 0.3 is 0 Å². The summed E-state index contributed by atoms with van der Waals surface area (Å²) in [6.07, 6.45) is 7.33. The molecule has 19 heavy (non-hydrogen) atoms. The van der Waals surface area contributed by atoms with E-state index in [0.717, 1.165) is 18.0 Å². The summed E-state index contributed by atoms with van der Waals surface area (Å²) >= 11 is 0. The molecule has 3 nitrogen and oxygen atoms in total. The molecule has 0 aliphatic heterocycles. The zero-order chi connectivity index (χ0) is 13.7. The molecule has 3 atom stereocenters. The standard InChI is InChI=1S/C16H26N2O/c1-4-17-13(3)15-10-9-14(11-18-15)19-16-8-6-5-7-12(16)2/h9-13,16-17H,4-8H2,1-3H3. The third-order valence-corrected chi connectivity index (χ3v) is 4.03. The maximum absolute atomic E-state index is 6.08. The first-order valence-corrected chi connectivity index (χ1v) is 7.56. The van der Waals surface area contributed by atoms with Gasteiger partial charge in [0.25, 0.3) is 0 Å². The number of hydrogen-bond donors (Lipinski definition) is 1. The Morgan fingerprint density at radius 1 is 1.37 bits per heavy atom. The van der Waals surface area contributed by atoms with E-state index in [2.05, 4.69) is 43.2 Å². The molecule has 0 bridgehead atoms. The number of hydrogen-bond acceptors (Lipinski definition) is 3. The van der Waals surface area contributed by atoms with Gasteiger partial charge in [-0.1, -0.05) is 20.3 Å². The summed E-state index contributed by atoms with van der Waals surface area (Å²) < 4.78 is 6.08. The summed E-state index contributed by atoms with van der Waals surface area (Å²) in [5, 5.41) is 3.37. The fourth-order valence-electron chi connectivity index (χ4n) is 2.76. The summed E-state index contributed by atoms with van der Waals surface area (Å²) in [7, 11) is 0. The Labute approximate surface area is 116 Å². The van der Waals surface area contributed by atoms with E-state index >= 15 is 0 Å². The van der Waals surface area contributed by atoms with Crippen molar-refractivity contribution >= 4 is 0 Å². The van der Waals surface area contributed by atoms with Gasteiger partial charge in [0, 0.05) is 6.04 Å². The minimum Gasteiger partial charge on any atom is -0.489 e. The fraction of sp³-hybridized carbons (Fsp3) is 0.688. The first-order valence-electron chi connectivity index (χ1n) is 7.56. The molecule has 1 aliphatic rings. The summed E-state index contributed by atoms with van der Waals surface area (Å²) in [5.74, 6) is 1.57. The van der Waals surface area contributed by atoms with Crippen LogP contribution in [0.25, 0.3) is 0 Å². The topological polar surface area (TPSA) is 34.1 Å². The van der Waals surface area contributed by atoms with E-state index in [0.29, 0.717) is 18.1 Å². The van der Waals surface area contributed by atoms with Crippen LogP contribution in [0.4, 0.5) is 0 Å². The van der Waals surface area contributed by atoms with E-state index in [1.165, 1.54) is 25.7 Å². The third kappa shape index (κ3) is 3.93. The lowest BCUT2D eigenvalue weighted by molar-refractivity contribution is 0.102. The quantitative estimate of drug-likeness (QED) is 0.878. The third-order valence-electron chi connectivity index (χ3n) is 4.03. The van der Waals surface area contributed by atoms with Crippen LogP contribution in [0.15, 0.2) is 18.3 Å². The molecule has 106 valence electrons. The van der Waals surface area contributed by atoms with Crippen molar-refractivity contribution in [1.29, 1.82) is 0 Å². The fourth-order valence-corrected chi connectivity index (χ4v) is 2.76. The minimum absolute atomic E-state index is 0.299. The van der Waals surface area contributed by atoms with Gasteiger partial charge in [-0.15, -0.1) is 0 Å². The highest BCUT2D eigenvalue weighted by Gasteiger charge is 2.22. The normalized spacial score (nSPS) is 25.0. The molecule has 3 unspecified atom stereocenters. The molecule has 0 radical (unpaired) electrons. The first kappa shape index (κ1) is 14.3. The minimum atomic E-state index is 0.299. The van der Waals surface area contributed by atoms with Crippen molar-refractivity contribution in [2.45, 2.75) is 58.6 Å². The lowest BCUT2D eigenvalue weighted by Crippen LogP contribution is -2.28. The van der Waals surface area contributed by atoms with Crippen molar-refractivity contribution in [3.63, 3.8) is 0 Å². The molecule has 1 aromatic heterocycles. The van der Waals surface area contributed by atoms with Crippen molar-refractivity contribution in [3.05, 3.63) is 24.0 Å². The van der Waals surface area contributed by atoms with Gasteiger partial charge in [0.15, 0.2) is 0 Å². The van der Waals surface area contributed by atoms with Crippen LogP contribution in [0.2, 0.25) is 0 Å². The Balaban J connectivity index is 1.94. The molecular weight excluding hydrogens is 236 g/mol. The van der Waals surface area contributed by atoms with Crippen LogP contribution in [0, 0.1) is 5.92 Å². The number of aromatic nitrogens is 1. The van der Waals surface area contributed by atoms with Crippen molar-refractivity contribution in [2.75, 3.05) is 6.54 Å². The first-order chi connectivity index (χ1) is 9.20. The van der Waals surface area contributed by atoms with Crippen LogP contribution in [0.3, 0.4) is 0 Å². The molecule has 0 spiro atoms. The predicted octanol–water partition coefficient (Wildman–Crippen LogP) is 3.71. The van der Waals surface area contributed by atoms with Crippen molar-refractivity contribution in [1.82, 2.24) is 10.3 Å². The number of ether oxygens (including phenoxy) is 1. The second-order valence-corrected chi connectivity index (χ2v) is 5.62. The van der Waals surface area contributed by atoms with E-state index in [4.69, 9.17) is 4.74 Å². The van der Waals surface area contributed by atoms with Crippen LogP contribution < -0.4 is 10.1 Å². The molecule has 2 rings (SSSR count). The summed E-state index contributed by atoms with van der Waals surface area (Å²) in [6.45, 7) is 7.49. The number of nitrogens with zero attached hydrogens (tertiary/aromatic N) is 1. The van der Waals surface area contributed by atoms with E-state index in [-0.39, 0.29) is 0 Å². The van der Waals surface area contributed by atoms with Gasteiger partial charge in [-0.25, -0.2) is 0 Å². The highest BCUT2D eigenvalue weighted by atomic mass is 16.5.